The lowest BCUT2D eigenvalue weighted by Gasteiger charge is -2.02. The Balaban J connectivity index is 1.82. The summed E-state index contributed by atoms with van der Waals surface area (Å²) in [5.74, 6) is 0.498. The molecule has 94 valence electrons. The van der Waals surface area contributed by atoms with E-state index < -0.39 is 0 Å². The average Bonchev–Trinajstić information content (AvgIpc) is 3.18. The third-order valence-corrected chi connectivity index (χ3v) is 4.36. The molecular weight excluding hydrogens is 234 g/mol. The van der Waals surface area contributed by atoms with Crippen LogP contribution in [0.15, 0.2) is 11.1 Å². The van der Waals surface area contributed by atoms with Crippen molar-refractivity contribution in [3.63, 3.8) is 0 Å². The van der Waals surface area contributed by atoms with E-state index in [-0.39, 0.29) is 23.5 Å². The number of nitrogens with one attached hydrogen (secondary N) is 1. The number of nitrogen functional groups attached to an aromatic ring is 1. The molecule has 0 radical (unpaired) electrons. The number of anilines is 1. The third-order valence-electron chi connectivity index (χ3n) is 4.36. The fraction of sp³-hybridized carbons (Fsp3) is 0.545. The second-order valence-electron chi connectivity index (χ2n) is 5.31. The summed E-state index contributed by atoms with van der Waals surface area (Å²) in [5.41, 5.74) is 6.35. The van der Waals surface area contributed by atoms with E-state index in [1.165, 1.54) is 0 Å². The number of nitrogens with zero attached hydrogens (tertiary/aromatic N) is 3. The second kappa shape index (κ2) is 2.92. The lowest BCUT2D eigenvalue weighted by molar-refractivity contribution is 0.264. The van der Waals surface area contributed by atoms with E-state index in [1.54, 1.807) is 6.33 Å². The minimum Gasteiger partial charge on any atom is -0.396 e. The number of fused-ring (bicyclic) bond motifs is 1. The van der Waals surface area contributed by atoms with E-state index in [0.29, 0.717) is 23.1 Å². The maximum absolute atomic E-state index is 11.7. The van der Waals surface area contributed by atoms with Crippen LogP contribution in [0.3, 0.4) is 0 Å². The highest BCUT2D eigenvalue weighted by molar-refractivity contribution is 5.71. The van der Waals surface area contributed by atoms with Gasteiger partial charge < -0.3 is 15.4 Å². The molecule has 0 bridgehead atoms. The van der Waals surface area contributed by atoms with Crippen LogP contribution < -0.4 is 11.3 Å². The van der Waals surface area contributed by atoms with Crippen LogP contribution in [0.25, 0.3) is 11.2 Å². The van der Waals surface area contributed by atoms with Crippen molar-refractivity contribution in [2.45, 2.75) is 18.9 Å². The van der Waals surface area contributed by atoms with Crippen LogP contribution in [0.1, 0.15) is 18.9 Å². The second-order valence-corrected chi connectivity index (χ2v) is 5.31. The summed E-state index contributed by atoms with van der Waals surface area (Å²) in [6.07, 6.45) is 3.73. The first-order valence-electron chi connectivity index (χ1n) is 5.99. The summed E-state index contributed by atoms with van der Waals surface area (Å²) in [6, 6.07) is 0.299. The quantitative estimate of drug-likeness (QED) is 0.671. The summed E-state index contributed by atoms with van der Waals surface area (Å²) >= 11 is 0. The van der Waals surface area contributed by atoms with Crippen LogP contribution in [-0.4, -0.2) is 31.2 Å². The zero-order valence-corrected chi connectivity index (χ0v) is 9.63. The average molecular weight is 247 g/mol. The number of aromatic amines is 1. The molecule has 2 aromatic heterocycles. The van der Waals surface area contributed by atoms with E-state index in [4.69, 9.17) is 5.73 Å². The molecule has 2 heterocycles. The minimum atomic E-state index is -0.305. The highest BCUT2D eigenvalue weighted by Crippen LogP contribution is 2.76. The van der Waals surface area contributed by atoms with E-state index in [2.05, 4.69) is 15.0 Å². The van der Waals surface area contributed by atoms with Gasteiger partial charge in [0, 0.05) is 12.6 Å². The molecule has 0 amide bonds. The first-order chi connectivity index (χ1) is 8.65. The van der Waals surface area contributed by atoms with Gasteiger partial charge in [-0.1, -0.05) is 0 Å². The molecule has 1 spiro atoms. The predicted molar refractivity (Wildman–Crippen MR) is 63.8 cm³/mol. The minimum absolute atomic E-state index is 0.110. The number of aliphatic hydroxyl groups excluding tert-OH is 1. The van der Waals surface area contributed by atoms with E-state index >= 15 is 0 Å². The summed E-state index contributed by atoms with van der Waals surface area (Å²) in [6.45, 7) is 0.235. The van der Waals surface area contributed by atoms with Gasteiger partial charge in [-0.3, -0.25) is 9.78 Å². The molecule has 2 saturated carbocycles. The normalized spacial score (nSPS) is 33.2. The predicted octanol–water partition coefficient (Wildman–Crippen LogP) is -0.355. The van der Waals surface area contributed by atoms with Gasteiger partial charge in [-0.05, 0) is 24.2 Å². The van der Waals surface area contributed by atoms with E-state index in [1.807, 2.05) is 4.57 Å². The Morgan fingerprint density at radius 1 is 1.61 bits per heavy atom. The van der Waals surface area contributed by atoms with Crippen molar-refractivity contribution in [1.82, 2.24) is 19.5 Å². The zero-order valence-electron chi connectivity index (χ0n) is 9.63. The van der Waals surface area contributed by atoms with Gasteiger partial charge in [0.1, 0.15) is 0 Å². The molecule has 0 unspecified atom stereocenters. The fourth-order valence-corrected chi connectivity index (χ4v) is 3.15. The number of hydrogen-bond donors (Lipinski definition) is 3. The number of hydrogen-bond acceptors (Lipinski definition) is 5. The Bertz CT molecular complexity index is 705. The number of aliphatic hydroxyl groups is 1. The molecule has 4 rings (SSSR count). The number of rotatable bonds is 2. The van der Waals surface area contributed by atoms with Crippen molar-refractivity contribution in [2.75, 3.05) is 12.3 Å². The molecule has 2 aliphatic carbocycles. The molecule has 4 N–H and O–H groups in total. The van der Waals surface area contributed by atoms with Crippen molar-refractivity contribution >= 4 is 17.1 Å². The molecule has 2 aromatic rings. The molecule has 0 aromatic carbocycles. The lowest BCUT2D eigenvalue weighted by atomic mass is 10.3. The largest absolute Gasteiger partial charge is 0.396 e. The molecule has 2 aliphatic rings. The van der Waals surface area contributed by atoms with Crippen LogP contribution in [0.4, 0.5) is 5.95 Å². The van der Waals surface area contributed by atoms with Crippen molar-refractivity contribution in [1.29, 1.82) is 0 Å². The Morgan fingerprint density at radius 3 is 3.17 bits per heavy atom. The maximum Gasteiger partial charge on any atom is 0.280 e. The molecule has 3 atom stereocenters. The van der Waals surface area contributed by atoms with Crippen LogP contribution in [0, 0.1) is 11.3 Å². The molecule has 2 fully saturated rings. The van der Waals surface area contributed by atoms with Crippen LogP contribution in [0.2, 0.25) is 0 Å². The lowest BCUT2D eigenvalue weighted by Crippen LogP contribution is -2.12. The molecular formula is C11H13N5O2. The number of H-pyrrole nitrogens is 1. The summed E-state index contributed by atoms with van der Waals surface area (Å²) in [4.78, 5) is 22.4. The molecule has 0 saturated heterocycles. The summed E-state index contributed by atoms with van der Waals surface area (Å²) in [5, 5.41) is 9.18. The number of aromatic nitrogens is 4. The highest BCUT2D eigenvalue weighted by atomic mass is 16.3. The van der Waals surface area contributed by atoms with Gasteiger partial charge in [0.25, 0.3) is 5.56 Å². The van der Waals surface area contributed by atoms with E-state index in [9.17, 15) is 9.90 Å². The topological polar surface area (TPSA) is 110 Å². The Morgan fingerprint density at radius 2 is 2.44 bits per heavy atom. The number of nitrogens with two attached hydrogens (primary N) is 1. The zero-order chi connectivity index (χ0) is 12.5. The van der Waals surface area contributed by atoms with Gasteiger partial charge in [0.15, 0.2) is 11.2 Å². The van der Waals surface area contributed by atoms with Crippen molar-refractivity contribution in [3.05, 3.63) is 16.7 Å². The Labute approximate surface area is 102 Å². The summed E-state index contributed by atoms with van der Waals surface area (Å²) in [7, 11) is 0. The Hall–Kier alpha value is -1.89. The standard InChI is InChI=1S/C11H13N5O2/c12-10-14-8-7(9(18)15-10)13-4-16(8)6-2-11(6)1-5(11)3-17/h4-6,17H,1-3H2,(H3,12,14,15,18)/t5-,6-,11+/m0/s1. The van der Waals surface area contributed by atoms with Gasteiger partial charge in [-0.2, -0.15) is 4.98 Å². The van der Waals surface area contributed by atoms with Gasteiger partial charge in [-0.15, -0.1) is 0 Å². The van der Waals surface area contributed by atoms with Crippen molar-refractivity contribution in [3.8, 4) is 0 Å². The third kappa shape index (κ3) is 1.09. The first-order valence-corrected chi connectivity index (χ1v) is 5.99. The molecule has 7 heteroatoms. The first kappa shape index (κ1) is 10.1. The van der Waals surface area contributed by atoms with Gasteiger partial charge in [0.2, 0.25) is 5.95 Å². The monoisotopic (exact) mass is 247 g/mol. The van der Waals surface area contributed by atoms with Crippen molar-refractivity contribution < 1.29 is 5.11 Å². The highest BCUT2D eigenvalue weighted by Gasteiger charge is 2.71. The van der Waals surface area contributed by atoms with Gasteiger partial charge >= 0.3 is 0 Å². The fourth-order valence-electron chi connectivity index (χ4n) is 3.15. The van der Waals surface area contributed by atoms with Crippen LogP contribution in [0.5, 0.6) is 0 Å². The number of imidazole rings is 1. The summed E-state index contributed by atoms with van der Waals surface area (Å²) < 4.78 is 1.93. The smallest absolute Gasteiger partial charge is 0.280 e. The van der Waals surface area contributed by atoms with E-state index in [0.717, 1.165) is 12.8 Å². The Kier molecular flexibility index (Phi) is 1.63. The van der Waals surface area contributed by atoms with Crippen molar-refractivity contribution in [2.24, 2.45) is 11.3 Å². The molecule has 0 aliphatic heterocycles. The van der Waals surface area contributed by atoms with Crippen LogP contribution in [-0.2, 0) is 0 Å². The van der Waals surface area contributed by atoms with Gasteiger partial charge in [0.05, 0.1) is 6.33 Å². The van der Waals surface area contributed by atoms with Gasteiger partial charge in [-0.25, -0.2) is 4.98 Å². The maximum atomic E-state index is 11.7. The van der Waals surface area contributed by atoms with Crippen LogP contribution >= 0.6 is 0 Å². The SMILES string of the molecule is Nc1nc2c(ncn2[C@H]2C[C@@]23C[C@H]3CO)c(=O)[nH]1. The molecule has 7 nitrogen and oxygen atoms in total. The molecule has 18 heavy (non-hydrogen) atoms.